The van der Waals surface area contributed by atoms with Crippen LogP contribution in [-0.4, -0.2) is 15.8 Å². The maximum absolute atomic E-state index is 14.0. The van der Waals surface area contributed by atoms with Crippen molar-refractivity contribution in [3.05, 3.63) is 53.1 Å². The first kappa shape index (κ1) is 18.1. The molecule has 2 atom stereocenters. The highest BCUT2D eigenvalue weighted by Gasteiger charge is 2.27. The number of hydrogen-bond acceptors (Lipinski definition) is 2. The standard InChI is InChI=1S/C21H19ClF2N2O/c22-15-6-4-14(5-7-15)21-25-19-11-17(23)18(24)12-20(19)26(21)16-3-1-2-13(10-16)8-9-27/h4-7,9,11-13,16H,1-3,8,10H2. The van der Waals surface area contributed by atoms with Gasteiger partial charge in [-0.05, 0) is 49.4 Å². The topological polar surface area (TPSA) is 34.9 Å². The van der Waals surface area contributed by atoms with Crippen molar-refractivity contribution in [1.29, 1.82) is 0 Å². The summed E-state index contributed by atoms with van der Waals surface area (Å²) in [6, 6.07) is 9.73. The summed E-state index contributed by atoms with van der Waals surface area (Å²) in [5.41, 5.74) is 1.85. The molecule has 2 aromatic carbocycles. The van der Waals surface area contributed by atoms with Crippen LogP contribution in [0.4, 0.5) is 8.78 Å². The highest BCUT2D eigenvalue weighted by molar-refractivity contribution is 6.30. The largest absolute Gasteiger partial charge is 0.321 e. The first-order valence-electron chi connectivity index (χ1n) is 9.13. The van der Waals surface area contributed by atoms with Gasteiger partial charge in [0, 0.05) is 35.2 Å². The molecule has 0 amide bonds. The van der Waals surface area contributed by atoms with Crippen LogP contribution in [0.15, 0.2) is 36.4 Å². The fourth-order valence-corrected chi connectivity index (χ4v) is 4.24. The van der Waals surface area contributed by atoms with Crippen molar-refractivity contribution in [3.8, 4) is 11.4 Å². The van der Waals surface area contributed by atoms with Crippen LogP contribution in [0.3, 0.4) is 0 Å². The molecule has 6 heteroatoms. The van der Waals surface area contributed by atoms with E-state index >= 15 is 0 Å². The summed E-state index contributed by atoms with van der Waals surface area (Å²) < 4.78 is 29.8. The molecule has 1 aliphatic carbocycles. The average molecular weight is 389 g/mol. The first-order valence-corrected chi connectivity index (χ1v) is 9.51. The molecule has 3 aromatic rings. The summed E-state index contributed by atoms with van der Waals surface area (Å²) >= 11 is 6.00. The van der Waals surface area contributed by atoms with E-state index in [1.54, 1.807) is 12.1 Å². The van der Waals surface area contributed by atoms with Gasteiger partial charge in [-0.15, -0.1) is 0 Å². The normalized spacial score (nSPS) is 20.1. The minimum Gasteiger partial charge on any atom is -0.321 e. The van der Waals surface area contributed by atoms with Gasteiger partial charge in [0.05, 0.1) is 11.0 Å². The summed E-state index contributed by atoms with van der Waals surface area (Å²) in [5.74, 6) is -0.811. The third kappa shape index (κ3) is 3.48. The van der Waals surface area contributed by atoms with Gasteiger partial charge in [-0.25, -0.2) is 13.8 Å². The van der Waals surface area contributed by atoms with Gasteiger partial charge < -0.3 is 9.36 Å². The van der Waals surface area contributed by atoms with Crippen LogP contribution in [0.1, 0.15) is 38.1 Å². The zero-order chi connectivity index (χ0) is 19.0. The number of hydrogen-bond donors (Lipinski definition) is 0. The molecule has 1 aliphatic rings. The van der Waals surface area contributed by atoms with Crippen molar-refractivity contribution in [1.82, 2.24) is 9.55 Å². The van der Waals surface area contributed by atoms with Gasteiger partial charge in [0.15, 0.2) is 11.6 Å². The molecule has 27 heavy (non-hydrogen) atoms. The third-order valence-corrected chi connectivity index (χ3v) is 5.64. The van der Waals surface area contributed by atoms with Crippen LogP contribution < -0.4 is 0 Å². The summed E-state index contributed by atoms with van der Waals surface area (Å²) in [6.45, 7) is 0. The molecule has 0 N–H and O–H groups in total. The SMILES string of the molecule is O=CCC1CCCC(n2c(-c3ccc(Cl)cc3)nc3cc(F)c(F)cc32)C1. The Kier molecular flexibility index (Phi) is 4.96. The number of rotatable bonds is 4. The lowest BCUT2D eigenvalue weighted by atomic mass is 9.83. The van der Waals surface area contributed by atoms with Crippen LogP contribution in [0.5, 0.6) is 0 Å². The highest BCUT2D eigenvalue weighted by atomic mass is 35.5. The number of benzene rings is 2. The Labute approximate surface area is 161 Å². The molecule has 140 valence electrons. The van der Waals surface area contributed by atoms with Crippen LogP contribution >= 0.6 is 11.6 Å². The molecular weight excluding hydrogens is 370 g/mol. The predicted octanol–water partition coefficient (Wildman–Crippen LogP) is 5.96. The fraction of sp³-hybridized carbons (Fsp3) is 0.333. The summed E-state index contributed by atoms with van der Waals surface area (Å²) in [4.78, 5) is 15.6. The van der Waals surface area contributed by atoms with Gasteiger partial charge in [0.2, 0.25) is 0 Å². The maximum Gasteiger partial charge on any atom is 0.161 e. The monoisotopic (exact) mass is 388 g/mol. The minimum atomic E-state index is -0.905. The smallest absolute Gasteiger partial charge is 0.161 e. The summed E-state index contributed by atoms with van der Waals surface area (Å²) in [7, 11) is 0. The average Bonchev–Trinajstić information content (AvgIpc) is 3.01. The number of fused-ring (bicyclic) bond motifs is 1. The van der Waals surface area contributed by atoms with Gasteiger partial charge in [0.1, 0.15) is 12.1 Å². The van der Waals surface area contributed by atoms with E-state index in [1.165, 1.54) is 6.07 Å². The van der Waals surface area contributed by atoms with Crippen molar-refractivity contribution in [2.75, 3.05) is 0 Å². The Hall–Kier alpha value is -2.27. The molecule has 0 saturated heterocycles. The number of aromatic nitrogens is 2. The first-order chi connectivity index (χ1) is 13.1. The summed E-state index contributed by atoms with van der Waals surface area (Å²) in [5, 5.41) is 0.613. The van der Waals surface area contributed by atoms with Crippen molar-refractivity contribution < 1.29 is 13.6 Å². The van der Waals surface area contributed by atoms with Crippen LogP contribution in [0.2, 0.25) is 5.02 Å². The molecule has 1 heterocycles. The van der Waals surface area contributed by atoms with Gasteiger partial charge in [-0.2, -0.15) is 0 Å². The van der Waals surface area contributed by atoms with Gasteiger partial charge >= 0.3 is 0 Å². The Balaban J connectivity index is 1.87. The molecule has 0 spiro atoms. The fourth-order valence-electron chi connectivity index (χ4n) is 4.11. The number of carbonyl (C=O) groups excluding carboxylic acids is 1. The number of aldehydes is 1. The lowest BCUT2D eigenvalue weighted by Gasteiger charge is -2.30. The van der Waals surface area contributed by atoms with Crippen molar-refractivity contribution in [2.45, 2.75) is 38.1 Å². The van der Waals surface area contributed by atoms with Crippen LogP contribution in [-0.2, 0) is 4.79 Å². The second-order valence-electron chi connectivity index (χ2n) is 7.16. The second kappa shape index (κ2) is 7.39. The van der Waals surface area contributed by atoms with Crippen molar-refractivity contribution in [2.24, 2.45) is 5.92 Å². The van der Waals surface area contributed by atoms with Gasteiger partial charge in [-0.1, -0.05) is 18.0 Å². The second-order valence-corrected chi connectivity index (χ2v) is 7.59. The maximum atomic E-state index is 14.0. The Bertz CT molecular complexity index is 984. The molecule has 0 bridgehead atoms. The van der Waals surface area contributed by atoms with E-state index in [0.717, 1.165) is 43.6 Å². The Morgan fingerprint density at radius 3 is 2.63 bits per heavy atom. The van der Waals surface area contributed by atoms with E-state index in [2.05, 4.69) is 4.98 Å². The van der Waals surface area contributed by atoms with E-state index in [4.69, 9.17) is 11.6 Å². The van der Waals surface area contributed by atoms with Crippen molar-refractivity contribution in [3.63, 3.8) is 0 Å². The Morgan fingerprint density at radius 2 is 1.89 bits per heavy atom. The molecule has 4 rings (SSSR count). The zero-order valence-corrected chi connectivity index (χ0v) is 15.4. The molecule has 1 aromatic heterocycles. The predicted molar refractivity (Wildman–Crippen MR) is 102 cm³/mol. The van der Waals surface area contributed by atoms with E-state index in [1.807, 2.05) is 16.7 Å². The molecule has 0 radical (unpaired) electrons. The molecule has 1 saturated carbocycles. The van der Waals surface area contributed by atoms with E-state index in [9.17, 15) is 13.6 Å². The molecule has 0 aliphatic heterocycles. The molecule has 1 fully saturated rings. The van der Waals surface area contributed by atoms with Crippen molar-refractivity contribution >= 4 is 28.9 Å². The third-order valence-electron chi connectivity index (χ3n) is 5.38. The van der Waals surface area contributed by atoms with E-state index < -0.39 is 11.6 Å². The molecular formula is C21H19ClF2N2O. The van der Waals surface area contributed by atoms with Gasteiger partial charge in [-0.3, -0.25) is 0 Å². The lowest BCUT2D eigenvalue weighted by Crippen LogP contribution is -2.20. The molecule has 3 nitrogen and oxygen atoms in total. The highest BCUT2D eigenvalue weighted by Crippen LogP contribution is 2.39. The van der Waals surface area contributed by atoms with E-state index in [-0.39, 0.29) is 6.04 Å². The number of halogens is 3. The van der Waals surface area contributed by atoms with Crippen LogP contribution in [0.25, 0.3) is 22.4 Å². The van der Waals surface area contributed by atoms with E-state index in [0.29, 0.717) is 34.2 Å². The number of imidazole rings is 1. The number of carbonyl (C=O) groups is 1. The number of nitrogens with zero attached hydrogens (tertiary/aromatic N) is 2. The van der Waals surface area contributed by atoms with Gasteiger partial charge in [0.25, 0.3) is 0 Å². The van der Waals surface area contributed by atoms with Crippen LogP contribution in [0, 0.1) is 17.6 Å². The molecule has 2 unspecified atom stereocenters. The minimum absolute atomic E-state index is 0.0873. The lowest BCUT2D eigenvalue weighted by molar-refractivity contribution is -0.108. The summed E-state index contributed by atoms with van der Waals surface area (Å²) in [6.07, 6.45) is 5.24. The zero-order valence-electron chi connectivity index (χ0n) is 14.7. The quantitative estimate of drug-likeness (QED) is 0.517. The Morgan fingerprint density at radius 1 is 1.15 bits per heavy atom.